The first-order valence-corrected chi connectivity index (χ1v) is 6.22. The standard InChI is InChI=1S/C15H15N3O/c1-18-10-11(9-17-18)7-15(19)13-4-5-14-12(8-13)3-2-6-16-14/h2-6,8-10,15,19H,7H2,1H3. The smallest absolute Gasteiger partial charge is 0.0831 e. The van der Waals surface area contributed by atoms with Crippen molar-refractivity contribution in [2.75, 3.05) is 0 Å². The van der Waals surface area contributed by atoms with Gasteiger partial charge in [-0.05, 0) is 29.3 Å². The molecule has 4 heteroatoms. The fourth-order valence-electron chi connectivity index (χ4n) is 2.22. The van der Waals surface area contributed by atoms with Crippen molar-refractivity contribution in [1.82, 2.24) is 14.8 Å². The summed E-state index contributed by atoms with van der Waals surface area (Å²) in [6, 6.07) is 9.76. The summed E-state index contributed by atoms with van der Waals surface area (Å²) in [7, 11) is 1.87. The van der Waals surface area contributed by atoms with Crippen molar-refractivity contribution < 1.29 is 5.11 Å². The Kier molecular flexibility index (Phi) is 3.01. The van der Waals surface area contributed by atoms with E-state index in [1.54, 1.807) is 17.1 Å². The maximum absolute atomic E-state index is 10.3. The molecule has 0 amide bonds. The molecular formula is C15H15N3O. The number of aryl methyl sites for hydroxylation is 1. The largest absolute Gasteiger partial charge is 0.388 e. The number of nitrogens with zero attached hydrogens (tertiary/aromatic N) is 3. The Hall–Kier alpha value is -2.20. The van der Waals surface area contributed by atoms with Crippen molar-refractivity contribution in [2.45, 2.75) is 12.5 Å². The summed E-state index contributed by atoms with van der Waals surface area (Å²) in [5.41, 5.74) is 2.88. The first-order chi connectivity index (χ1) is 9.22. The molecule has 0 radical (unpaired) electrons. The lowest BCUT2D eigenvalue weighted by molar-refractivity contribution is 0.178. The fraction of sp³-hybridized carbons (Fsp3) is 0.200. The Morgan fingerprint density at radius 3 is 3.00 bits per heavy atom. The molecular weight excluding hydrogens is 238 g/mol. The third kappa shape index (κ3) is 2.48. The number of hydrogen-bond acceptors (Lipinski definition) is 3. The second kappa shape index (κ2) is 4.82. The maximum atomic E-state index is 10.3. The predicted octanol–water partition coefficient (Wildman–Crippen LogP) is 2.24. The van der Waals surface area contributed by atoms with Crippen LogP contribution in [0.2, 0.25) is 0 Å². The molecule has 2 heterocycles. The second-order valence-electron chi connectivity index (χ2n) is 4.70. The first kappa shape index (κ1) is 11.9. The zero-order chi connectivity index (χ0) is 13.2. The third-order valence-corrected chi connectivity index (χ3v) is 3.20. The fourth-order valence-corrected chi connectivity index (χ4v) is 2.22. The number of pyridine rings is 1. The minimum absolute atomic E-state index is 0.520. The molecule has 1 N–H and O–H groups in total. The van der Waals surface area contributed by atoms with Crippen LogP contribution in [-0.2, 0) is 13.5 Å². The van der Waals surface area contributed by atoms with E-state index in [2.05, 4.69) is 10.1 Å². The highest BCUT2D eigenvalue weighted by molar-refractivity contribution is 5.79. The van der Waals surface area contributed by atoms with Gasteiger partial charge in [-0.1, -0.05) is 12.1 Å². The number of aliphatic hydroxyl groups is 1. The lowest BCUT2D eigenvalue weighted by Crippen LogP contribution is -2.01. The van der Waals surface area contributed by atoms with Crippen LogP contribution in [0.4, 0.5) is 0 Å². The van der Waals surface area contributed by atoms with E-state index in [1.165, 1.54) is 0 Å². The lowest BCUT2D eigenvalue weighted by Gasteiger charge is -2.10. The molecule has 0 aliphatic rings. The summed E-state index contributed by atoms with van der Waals surface area (Å²) < 4.78 is 1.74. The molecule has 0 spiro atoms. The summed E-state index contributed by atoms with van der Waals surface area (Å²) in [5.74, 6) is 0. The second-order valence-corrected chi connectivity index (χ2v) is 4.70. The van der Waals surface area contributed by atoms with Crippen molar-refractivity contribution in [3.8, 4) is 0 Å². The summed E-state index contributed by atoms with van der Waals surface area (Å²) in [4.78, 5) is 4.27. The Morgan fingerprint density at radius 2 is 2.21 bits per heavy atom. The van der Waals surface area contributed by atoms with E-state index < -0.39 is 6.10 Å². The van der Waals surface area contributed by atoms with Gasteiger partial charge >= 0.3 is 0 Å². The van der Waals surface area contributed by atoms with Crippen LogP contribution in [0.3, 0.4) is 0 Å². The Labute approximate surface area is 111 Å². The molecule has 1 unspecified atom stereocenters. The van der Waals surface area contributed by atoms with Crippen molar-refractivity contribution in [3.63, 3.8) is 0 Å². The zero-order valence-electron chi connectivity index (χ0n) is 10.7. The van der Waals surface area contributed by atoms with Gasteiger partial charge in [-0.2, -0.15) is 5.10 Å². The predicted molar refractivity (Wildman–Crippen MR) is 73.6 cm³/mol. The van der Waals surface area contributed by atoms with E-state index in [0.717, 1.165) is 22.0 Å². The van der Waals surface area contributed by atoms with Crippen LogP contribution in [0.5, 0.6) is 0 Å². The van der Waals surface area contributed by atoms with Gasteiger partial charge in [0.15, 0.2) is 0 Å². The SMILES string of the molecule is Cn1cc(CC(O)c2ccc3ncccc3c2)cn1. The zero-order valence-corrected chi connectivity index (χ0v) is 10.7. The third-order valence-electron chi connectivity index (χ3n) is 3.20. The van der Waals surface area contributed by atoms with Crippen LogP contribution < -0.4 is 0 Å². The topological polar surface area (TPSA) is 50.9 Å². The molecule has 0 fully saturated rings. The van der Waals surface area contributed by atoms with Gasteiger partial charge in [0.2, 0.25) is 0 Å². The number of aliphatic hydroxyl groups excluding tert-OH is 1. The number of rotatable bonds is 3. The maximum Gasteiger partial charge on any atom is 0.0831 e. The van der Waals surface area contributed by atoms with Gasteiger partial charge in [-0.25, -0.2) is 0 Å². The first-order valence-electron chi connectivity index (χ1n) is 6.22. The molecule has 1 aromatic carbocycles. The molecule has 3 rings (SSSR count). The normalized spacial score (nSPS) is 12.7. The van der Waals surface area contributed by atoms with Crippen LogP contribution in [0.1, 0.15) is 17.2 Å². The number of hydrogen-bond donors (Lipinski definition) is 1. The van der Waals surface area contributed by atoms with E-state index in [4.69, 9.17) is 0 Å². The molecule has 3 aromatic rings. The highest BCUT2D eigenvalue weighted by Gasteiger charge is 2.10. The van der Waals surface area contributed by atoms with Gasteiger partial charge in [0.05, 0.1) is 17.8 Å². The molecule has 0 aliphatic carbocycles. The molecule has 0 bridgehead atoms. The highest BCUT2D eigenvalue weighted by atomic mass is 16.3. The number of benzene rings is 1. The number of fused-ring (bicyclic) bond motifs is 1. The van der Waals surface area contributed by atoms with Gasteiger partial charge in [-0.15, -0.1) is 0 Å². The van der Waals surface area contributed by atoms with Crippen molar-refractivity contribution in [3.05, 3.63) is 60.0 Å². The quantitative estimate of drug-likeness (QED) is 0.779. The minimum atomic E-state index is -0.520. The van der Waals surface area contributed by atoms with Crippen LogP contribution in [0, 0.1) is 0 Å². The van der Waals surface area contributed by atoms with Crippen molar-refractivity contribution in [1.29, 1.82) is 0 Å². The van der Waals surface area contributed by atoms with Gasteiger partial charge in [0, 0.05) is 31.2 Å². The Morgan fingerprint density at radius 1 is 1.32 bits per heavy atom. The average molecular weight is 253 g/mol. The van der Waals surface area contributed by atoms with Crippen LogP contribution in [-0.4, -0.2) is 19.9 Å². The van der Waals surface area contributed by atoms with Crippen LogP contribution in [0.15, 0.2) is 48.9 Å². The van der Waals surface area contributed by atoms with Crippen molar-refractivity contribution >= 4 is 10.9 Å². The van der Waals surface area contributed by atoms with E-state index >= 15 is 0 Å². The molecule has 0 saturated carbocycles. The summed E-state index contributed by atoms with van der Waals surface area (Å²) >= 11 is 0. The van der Waals surface area contributed by atoms with Gasteiger partial charge in [0.1, 0.15) is 0 Å². The minimum Gasteiger partial charge on any atom is -0.388 e. The van der Waals surface area contributed by atoms with E-state index in [-0.39, 0.29) is 0 Å². The summed E-state index contributed by atoms with van der Waals surface area (Å²) in [6.07, 6.45) is 5.53. The molecule has 2 aromatic heterocycles. The summed E-state index contributed by atoms with van der Waals surface area (Å²) in [5, 5.41) is 15.4. The average Bonchev–Trinajstić information content (AvgIpc) is 2.83. The van der Waals surface area contributed by atoms with Gasteiger partial charge in [0.25, 0.3) is 0 Å². The van der Waals surface area contributed by atoms with Crippen molar-refractivity contribution in [2.24, 2.45) is 7.05 Å². The molecule has 19 heavy (non-hydrogen) atoms. The van der Waals surface area contributed by atoms with Crippen LogP contribution in [0.25, 0.3) is 10.9 Å². The lowest BCUT2D eigenvalue weighted by atomic mass is 10.0. The molecule has 0 aliphatic heterocycles. The van der Waals surface area contributed by atoms with E-state index in [1.807, 2.05) is 43.6 Å². The van der Waals surface area contributed by atoms with E-state index in [9.17, 15) is 5.11 Å². The van der Waals surface area contributed by atoms with E-state index in [0.29, 0.717) is 6.42 Å². The molecule has 0 saturated heterocycles. The van der Waals surface area contributed by atoms with Gasteiger partial charge in [-0.3, -0.25) is 9.67 Å². The van der Waals surface area contributed by atoms with Crippen LogP contribution >= 0.6 is 0 Å². The van der Waals surface area contributed by atoms with Gasteiger partial charge < -0.3 is 5.11 Å². The molecule has 1 atom stereocenters. The number of aromatic nitrogens is 3. The monoisotopic (exact) mass is 253 g/mol. The summed E-state index contributed by atoms with van der Waals surface area (Å²) in [6.45, 7) is 0. The molecule has 96 valence electrons. The Balaban J connectivity index is 1.86. The Bertz CT molecular complexity index is 705. The highest BCUT2D eigenvalue weighted by Crippen LogP contribution is 2.21. The molecule has 4 nitrogen and oxygen atoms in total.